The summed E-state index contributed by atoms with van der Waals surface area (Å²) in [6.45, 7) is 2.38. The molecule has 31 heavy (non-hydrogen) atoms. The van der Waals surface area contributed by atoms with E-state index in [1.165, 1.54) is 6.26 Å². The van der Waals surface area contributed by atoms with E-state index >= 15 is 0 Å². The zero-order valence-corrected chi connectivity index (χ0v) is 19.1. The highest BCUT2D eigenvalue weighted by atomic mass is 32.2. The summed E-state index contributed by atoms with van der Waals surface area (Å²) in [5.41, 5.74) is 10.7. The highest BCUT2D eigenvalue weighted by Crippen LogP contribution is 2.35. The first-order chi connectivity index (χ1) is 14.7. The molecule has 3 rings (SSSR count). The van der Waals surface area contributed by atoms with E-state index in [2.05, 4.69) is 5.10 Å². The van der Waals surface area contributed by atoms with Crippen molar-refractivity contribution in [1.29, 1.82) is 0 Å². The normalized spacial score (nSPS) is 12.5. The van der Waals surface area contributed by atoms with Crippen LogP contribution in [0.15, 0.2) is 48.8 Å². The second-order valence-electron chi connectivity index (χ2n) is 7.62. The lowest BCUT2D eigenvalue weighted by Crippen LogP contribution is -2.17. The van der Waals surface area contributed by atoms with Gasteiger partial charge in [-0.3, -0.25) is 4.68 Å². The number of nitrogens with two attached hydrogens (primary N) is 1. The third kappa shape index (κ3) is 5.58. The third-order valence-electron chi connectivity index (χ3n) is 5.14. The van der Waals surface area contributed by atoms with Crippen molar-refractivity contribution in [2.75, 3.05) is 31.5 Å². The van der Waals surface area contributed by atoms with E-state index in [-0.39, 0.29) is 11.7 Å². The number of anilines is 1. The predicted molar refractivity (Wildman–Crippen MR) is 123 cm³/mol. The molecule has 0 unspecified atom stereocenters. The Morgan fingerprint density at radius 3 is 2.58 bits per heavy atom. The Balaban J connectivity index is 2.01. The zero-order valence-electron chi connectivity index (χ0n) is 18.3. The lowest BCUT2D eigenvalue weighted by atomic mass is 9.90. The predicted octanol–water partition coefficient (Wildman–Crippen LogP) is 3.45. The number of rotatable bonds is 9. The summed E-state index contributed by atoms with van der Waals surface area (Å²) in [6.07, 6.45) is 5.40. The Bertz CT molecular complexity index is 1160. The van der Waals surface area contributed by atoms with Crippen molar-refractivity contribution in [1.82, 2.24) is 9.78 Å². The average Bonchev–Trinajstić information content (AvgIpc) is 3.14. The van der Waals surface area contributed by atoms with E-state index in [9.17, 15) is 8.42 Å². The fourth-order valence-electron chi connectivity index (χ4n) is 3.72. The molecule has 0 saturated carbocycles. The van der Waals surface area contributed by atoms with E-state index in [0.29, 0.717) is 30.2 Å². The van der Waals surface area contributed by atoms with Crippen LogP contribution in [0.2, 0.25) is 0 Å². The summed E-state index contributed by atoms with van der Waals surface area (Å²) in [5.74, 6) is 0.924. The van der Waals surface area contributed by atoms with Crippen molar-refractivity contribution in [3.8, 4) is 22.6 Å². The van der Waals surface area contributed by atoms with Gasteiger partial charge < -0.3 is 15.2 Å². The van der Waals surface area contributed by atoms with Gasteiger partial charge in [0.15, 0.2) is 11.5 Å². The van der Waals surface area contributed by atoms with Gasteiger partial charge in [-0.2, -0.15) is 5.10 Å². The van der Waals surface area contributed by atoms with Gasteiger partial charge in [0.05, 0.1) is 25.7 Å². The van der Waals surface area contributed by atoms with Crippen LogP contribution in [0, 0.1) is 0 Å². The van der Waals surface area contributed by atoms with Crippen LogP contribution < -0.4 is 15.2 Å². The molecular formula is C23H29N3O4S. The van der Waals surface area contributed by atoms with Crippen LogP contribution >= 0.6 is 0 Å². The summed E-state index contributed by atoms with van der Waals surface area (Å²) < 4.78 is 37.2. The highest BCUT2D eigenvalue weighted by molar-refractivity contribution is 7.90. The number of benzene rings is 2. The maximum absolute atomic E-state index is 12.2. The SMILES string of the molecule is CCOc1cc([C@H](Cc2cccc(-c3cnn(C)c3)c2N)CS(C)(=O)=O)ccc1OC. The van der Waals surface area contributed by atoms with Gasteiger partial charge in [-0.05, 0) is 36.6 Å². The largest absolute Gasteiger partial charge is 0.493 e. The molecule has 0 radical (unpaired) electrons. The molecule has 0 bridgehead atoms. The van der Waals surface area contributed by atoms with Gasteiger partial charge in [-0.25, -0.2) is 8.42 Å². The summed E-state index contributed by atoms with van der Waals surface area (Å²) in [7, 11) is 0.202. The fraction of sp³-hybridized carbons (Fsp3) is 0.348. The molecule has 1 aromatic heterocycles. The first-order valence-corrected chi connectivity index (χ1v) is 12.1. The zero-order chi connectivity index (χ0) is 22.6. The van der Waals surface area contributed by atoms with E-state index in [1.807, 2.05) is 56.6 Å². The molecule has 8 heteroatoms. The van der Waals surface area contributed by atoms with Crippen LogP contribution in [0.5, 0.6) is 11.5 Å². The molecule has 2 N–H and O–H groups in total. The van der Waals surface area contributed by atoms with Crippen LogP contribution in [-0.2, 0) is 23.3 Å². The van der Waals surface area contributed by atoms with Gasteiger partial charge in [0.25, 0.3) is 0 Å². The lowest BCUT2D eigenvalue weighted by molar-refractivity contribution is 0.310. The maximum Gasteiger partial charge on any atom is 0.161 e. The number of aryl methyl sites for hydroxylation is 1. The molecule has 1 atom stereocenters. The Kier molecular flexibility index (Phi) is 6.90. The molecule has 2 aromatic carbocycles. The second-order valence-corrected chi connectivity index (χ2v) is 9.80. The molecule has 3 aromatic rings. The van der Waals surface area contributed by atoms with Crippen molar-refractivity contribution >= 4 is 15.5 Å². The van der Waals surface area contributed by atoms with Gasteiger partial charge in [0.2, 0.25) is 0 Å². The van der Waals surface area contributed by atoms with Crippen LogP contribution in [0.4, 0.5) is 5.69 Å². The maximum atomic E-state index is 12.2. The van der Waals surface area contributed by atoms with E-state index in [0.717, 1.165) is 22.3 Å². The number of nitrogens with zero attached hydrogens (tertiary/aromatic N) is 2. The van der Waals surface area contributed by atoms with Crippen molar-refractivity contribution in [3.63, 3.8) is 0 Å². The number of aromatic nitrogens is 2. The monoisotopic (exact) mass is 443 g/mol. The van der Waals surface area contributed by atoms with E-state index in [4.69, 9.17) is 15.2 Å². The quantitative estimate of drug-likeness (QED) is 0.509. The van der Waals surface area contributed by atoms with Crippen LogP contribution in [-0.4, -0.2) is 43.9 Å². The summed E-state index contributed by atoms with van der Waals surface area (Å²) in [6, 6.07) is 11.4. The van der Waals surface area contributed by atoms with E-state index < -0.39 is 9.84 Å². The number of sulfone groups is 1. The van der Waals surface area contributed by atoms with Gasteiger partial charge in [-0.1, -0.05) is 24.3 Å². The molecule has 7 nitrogen and oxygen atoms in total. The molecule has 0 spiro atoms. The molecule has 0 fully saturated rings. The topological polar surface area (TPSA) is 96.4 Å². The number of nitrogen functional groups attached to an aromatic ring is 1. The summed E-state index contributed by atoms with van der Waals surface area (Å²) >= 11 is 0. The molecule has 0 aliphatic heterocycles. The third-order valence-corrected chi connectivity index (χ3v) is 6.15. The molecule has 0 aliphatic carbocycles. The Morgan fingerprint density at radius 2 is 1.97 bits per heavy atom. The lowest BCUT2D eigenvalue weighted by Gasteiger charge is -2.20. The second kappa shape index (κ2) is 9.43. The Hall–Kier alpha value is -3.00. The average molecular weight is 444 g/mol. The minimum absolute atomic E-state index is 0.00144. The summed E-state index contributed by atoms with van der Waals surface area (Å²) in [4.78, 5) is 0. The van der Waals surface area contributed by atoms with Gasteiger partial charge in [0.1, 0.15) is 9.84 Å². The highest BCUT2D eigenvalue weighted by Gasteiger charge is 2.22. The number of methoxy groups -OCH3 is 1. The smallest absolute Gasteiger partial charge is 0.161 e. The van der Waals surface area contributed by atoms with E-state index in [1.54, 1.807) is 18.0 Å². The molecule has 166 valence electrons. The molecule has 1 heterocycles. The molecule has 0 saturated heterocycles. The van der Waals surface area contributed by atoms with Crippen molar-refractivity contribution < 1.29 is 17.9 Å². The van der Waals surface area contributed by atoms with Crippen LogP contribution in [0.3, 0.4) is 0 Å². The van der Waals surface area contributed by atoms with Crippen molar-refractivity contribution in [2.45, 2.75) is 19.3 Å². The van der Waals surface area contributed by atoms with Gasteiger partial charge >= 0.3 is 0 Å². The Labute approximate surface area is 183 Å². The number of ether oxygens (including phenoxy) is 2. The van der Waals surface area contributed by atoms with Gasteiger partial charge in [0, 0.05) is 42.2 Å². The van der Waals surface area contributed by atoms with Crippen molar-refractivity contribution in [2.24, 2.45) is 7.05 Å². The number of hydrogen-bond donors (Lipinski definition) is 1. The molecule has 0 aliphatic rings. The first-order valence-electron chi connectivity index (χ1n) is 10.1. The fourth-order valence-corrected chi connectivity index (χ4v) is 4.76. The minimum atomic E-state index is -3.23. The van der Waals surface area contributed by atoms with Crippen molar-refractivity contribution in [3.05, 3.63) is 59.9 Å². The molecule has 0 amide bonds. The van der Waals surface area contributed by atoms with Crippen LogP contribution in [0.25, 0.3) is 11.1 Å². The Morgan fingerprint density at radius 1 is 1.19 bits per heavy atom. The van der Waals surface area contributed by atoms with Gasteiger partial charge in [-0.15, -0.1) is 0 Å². The minimum Gasteiger partial charge on any atom is -0.493 e. The van der Waals surface area contributed by atoms with Crippen LogP contribution in [0.1, 0.15) is 24.0 Å². The molecular weight excluding hydrogens is 414 g/mol. The number of para-hydroxylation sites is 1. The summed E-state index contributed by atoms with van der Waals surface area (Å²) in [5, 5.41) is 4.22. The first kappa shape index (κ1) is 22.7. The standard InChI is InChI=1S/C23H29N3O4S/c1-5-30-22-12-16(9-10-21(22)29-3)18(15-31(4,27)28)11-17-7-6-8-20(23(17)24)19-13-25-26(2)14-19/h6-10,12-14,18H,5,11,15,24H2,1-4H3/t18-/m1/s1. The number of hydrogen-bond acceptors (Lipinski definition) is 6.